The van der Waals surface area contributed by atoms with Gasteiger partial charge >= 0.3 is 0 Å². The molecule has 0 radical (unpaired) electrons. The molecule has 1 N–H and O–H groups in total. The van der Waals surface area contributed by atoms with Crippen LogP contribution in [0.25, 0.3) is 10.9 Å². The maximum Gasteiger partial charge on any atom is 0.123 e. The lowest BCUT2D eigenvalue weighted by Gasteiger charge is -2.33. The SMILES string of the molecule is Cc1cccc(C)c1C1CCN(Cc2c(C)n(CCO)c3ccc(F)cc23)CC1. The van der Waals surface area contributed by atoms with E-state index >= 15 is 0 Å². The molecule has 0 unspecified atom stereocenters. The molecule has 1 saturated heterocycles. The predicted octanol–water partition coefficient (Wildman–Crippen LogP) is 5.08. The first-order valence-electron chi connectivity index (χ1n) is 10.7. The fourth-order valence-electron chi connectivity index (χ4n) is 5.19. The Morgan fingerprint density at radius 1 is 1.03 bits per heavy atom. The number of benzene rings is 2. The van der Waals surface area contributed by atoms with Crippen LogP contribution in [-0.2, 0) is 13.1 Å². The van der Waals surface area contributed by atoms with E-state index in [4.69, 9.17) is 0 Å². The van der Waals surface area contributed by atoms with E-state index in [9.17, 15) is 9.50 Å². The van der Waals surface area contributed by atoms with Crippen molar-refractivity contribution in [2.24, 2.45) is 0 Å². The molecule has 29 heavy (non-hydrogen) atoms. The average molecular weight is 395 g/mol. The predicted molar refractivity (Wildman–Crippen MR) is 117 cm³/mol. The lowest BCUT2D eigenvalue weighted by Crippen LogP contribution is -2.33. The van der Waals surface area contributed by atoms with Crippen LogP contribution in [0.5, 0.6) is 0 Å². The van der Waals surface area contributed by atoms with Gasteiger partial charge in [0.1, 0.15) is 5.82 Å². The van der Waals surface area contributed by atoms with Gasteiger partial charge in [0.15, 0.2) is 0 Å². The van der Waals surface area contributed by atoms with Crippen molar-refractivity contribution >= 4 is 10.9 Å². The molecule has 0 bridgehead atoms. The molecule has 0 atom stereocenters. The lowest BCUT2D eigenvalue weighted by molar-refractivity contribution is 0.204. The Kier molecular flexibility index (Phi) is 5.75. The molecule has 0 spiro atoms. The summed E-state index contributed by atoms with van der Waals surface area (Å²) in [6.45, 7) is 10.1. The van der Waals surface area contributed by atoms with Crippen LogP contribution in [0.3, 0.4) is 0 Å². The molecule has 4 rings (SSSR count). The van der Waals surface area contributed by atoms with Gasteiger partial charge in [0.25, 0.3) is 0 Å². The maximum atomic E-state index is 14.0. The summed E-state index contributed by atoms with van der Waals surface area (Å²) in [6, 6.07) is 11.6. The van der Waals surface area contributed by atoms with Gasteiger partial charge in [-0.1, -0.05) is 18.2 Å². The number of likely N-dealkylation sites (tertiary alicyclic amines) is 1. The minimum atomic E-state index is -0.200. The lowest BCUT2D eigenvalue weighted by atomic mass is 9.84. The third-order valence-corrected chi connectivity index (χ3v) is 6.66. The number of aromatic nitrogens is 1. The minimum absolute atomic E-state index is 0.0859. The van der Waals surface area contributed by atoms with Gasteiger partial charge in [0.2, 0.25) is 0 Å². The number of hydrogen-bond donors (Lipinski definition) is 1. The normalized spacial score (nSPS) is 16.0. The highest BCUT2D eigenvalue weighted by Crippen LogP contribution is 2.34. The molecule has 0 amide bonds. The molecule has 1 aromatic heterocycles. The summed E-state index contributed by atoms with van der Waals surface area (Å²) in [5.74, 6) is 0.426. The Labute approximate surface area is 172 Å². The number of aliphatic hydroxyl groups is 1. The summed E-state index contributed by atoms with van der Waals surface area (Å²) in [5.41, 5.74) is 7.68. The van der Waals surface area contributed by atoms with Crippen LogP contribution in [0, 0.1) is 26.6 Å². The van der Waals surface area contributed by atoms with E-state index in [1.54, 1.807) is 6.07 Å². The summed E-state index contributed by atoms with van der Waals surface area (Å²) < 4.78 is 16.1. The molecule has 154 valence electrons. The van der Waals surface area contributed by atoms with Gasteiger partial charge < -0.3 is 9.67 Å². The van der Waals surface area contributed by atoms with E-state index in [1.165, 1.54) is 28.3 Å². The summed E-state index contributed by atoms with van der Waals surface area (Å²) in [4.78, 5) is 2.50. The van der Waals surface area contributed by atoms with E-state index in [-0.39, 0.29) is 12.4 Å². The first-order chi connectivity index (χ1) is 14.0. The van der Waals surface area contributed by atoms with Crippen LogP contribution in [0.4, 0.5) is 4.39 Å². The van der Waals surface area contributed by atoms with E-state index < -0.39 is 0 Å². The van der Waals surface area contributed by atoms with Gasteiger partial charge in [-0.15, -0.1) is 0 Å². The van der Waals surface area contributed by atoms with Crippen LogP contribution >= 0.6 is 0 Å². The Bertz CT molecular complexity index is 995. The number of piperidine rings is 1. The van der Waals surface area contributed by atoms with Crippen LogP contribution in [0.1, 0.15) is 46.7 Å². The summed E-state index contributed by atoms with van der Waals surface area (Å²) in [7, 11) is 0. The van der Waals surface area contributed by atoms with Gasteiger partial charge in [-0.2, -0.15) is 0 Å². The monoisotopic (exact) mass is 394 g/mol. The molecule has 1 aliphatic rings. The van der Waals surface area contributed by atoms with Crippen molar-refractivity contribution in [3.63, 3.8) is 0 Å². The fraction of sp³-hybridized carbons (Fsp3) is 0.440. The highest BCUT2D eigenvalue weighted by atomic mass is 19.1. The summed E-state index contributed by atoms with van der Waals surface area (Å²) in [5, 5.41) is 10.4. The molecule has 2 aromatic carbocycles. The minimum Gasteiger partial charge on any atom is -0.395 e. The molecule has 3 aromatic rings. The van der Waals surface area contributed by atoms with Crippen molar-refractivity contribution < 1.29 is 9.50 Å². The first kappa shape index (κ1) is 20.1. The summed E-state index contributed by atoms with van der Waals surface area (Å²) in [6.07, 6.45) is 2.32. The fourth-order valence-corrected chi connectivity index (χ4v) is 5.19. The zero-order chi connectivity index (χ0) is 20.5. The van der Waals surface area contributed by atoms with Crippen LogP contribution in [-0.4, -0.2) is 34.3 Å². The van der Waals surface area contributed by atoms with Crippen molar-refractivity contribution in [1.82, 2.24) is 9.47 Å². The standard InChI is InChI=1S/C25H31FN2O/c1-17-5-4-6-18(2)25(17)20-9-11-27(12-10-20)16-23-19(3)28(13-14-29)24-8-7-21(26)15-22(23)24/h4-8,15,20,29H,9-14,16H2,1-3H3. The Morgan fingerprint density at radius 2 is 1.72 bits per heavy atom. The zero-order valence-corrected chi connectivity index (χ0v) is 17.7. The highest BCUT2D eigenvalue weighted by molar-refractivity contribution is 5.85. The van der Waals surface area contributed by atoms with E-state index in [1.807, 2.05) is 6.07 Å². The zero-order valence-electron chi connectivity index (χ0n) is 17.7. The highest BCUT2D eigenvalue weighted by Gasteiger charge is 2.24. The molecular weight excluding hydrogens is 363 g/mol. The summed E-state index contributed by atoms with van der Waals surface area (Å²) >= 11 is 0. The van der Waals surface area contributed by atoms with Crippen LogP contribution in [0.2, 0.25) is 0 Å². The smallest absolute Gasteiger partial charge is 0.123 e. The Hall–Kier alpha value is -2.17. The van der Waals surface area contributed by atoms with Gasteiger partial charge in [0, 0.05) is 29.7 Å². The van der Waals surface area contributed by atoms with Crippen molar-refractivity contribution in [3.05, 3.63) is 70.2 Å². The molecule has 2 heterocycles. The number of fused-ring (bicyclic) bond motifs is 1. The second-order valence-corrected chi connectivity index (χ2v) is 8.46. The van der Waals surface area contributed by atoms with Gasteiger partial charge in [0.05, 0.1) is 6.61 Å². The quantitative estimate of drug-likeness (QED) is 0.654. The second-order valence-electron chi connectivity index (χ2n) is 8.46. The number of hydrogen-bond acceptors (Lipinski definition) is 2. The second kappa shape index (κ2) is 8.29. The van der Waals surface area contributed by atoms with Crippen molar-refractivity contribution in [2.75, 3.05) is 19.7 Å². The topological polar surface area (TPSA) is 28.4 Å². The molecule has 3 nitrogen and oxygen atoms in total. The van der Waals surface area contributed by atoms with Crippen LogP contribution in [0.15, 0.2) is 36.4 Å². The average Bonchev–Trinajstić information content (AvgIpc) is 2.94. The third-order valence-electron chi connectivity index (χ3n) is 6.66. The third kappa shape index (κ3) is 3.84. The van der Waals surface area contributed by atoms with Gasteiger partial charge in [-0.05, 0) is 93.1 Å². The molecular formula is C25H31FN2O. The van der Waals surface area contributed by atoms with Crippen molar-refractivity contribution in [2.45, 2.75) is 52.6 Å². The number of halogens is 1. The molecule has 4 heteroatoms. The Morgan fingerprint density at radius 3 is 2.38 bits per heavy atom. The number of rotatable bonds is 5. The van der Waals surface area contributed by atoms with Gasteiger partial charge in [-0.3, -0.25) is 4.90 Å². The number of aliphatic hydroxyl groups excluding tert-OH is 1. The maximum absolute atomic E-state index is 14.0. The molecule has 1 fully saturated rings. The van der Waals surface area contributed by atoms with Crippen LogP contribution < -0.4 is 0 Å². The van der Waals surface area contributed by atoms with E-state index in [0.717, 1.165) is 49.1 Å². The number of nitrogens with zero attached hydrogens (tertiary/aromatic N) is 2. The van der Waals surface area contributed by atoms with E-state index in [0.29, 0.717) is 12.5 Å². The number of aryl methyl sites for hydroxylation is 2. The molecule has 0 saturated carbocycles. The molecule has 0 aliphatic carbocycles. The van der Waals surface area contributed by atoms with Gasteiger partial charge in [-0.25, -0.2) is 4.39 Å². The van der Waals surface area contributed by atoms with E-state index in [2.05, 4.69) is 48.4 Å². The van der Waals surface area contributed by atoms with Crippen molar-refractivity contribution in [1.29, 1.82) is 0 Å². The first-order valence-corrected chi connectivity index (χ1v) is 10.7. The van der Waals surface area contributed by atoms with Crippen molar-refractivity contribution in [3.8, 4) is 0 Å². The Balaban J connectivity index is 1.55. The largest absolute Gasteiger partial charge is 0.395 e. The molecule has 1 aliphatic heterocycles.